The molecule has 2 unspecified atom stereocenters. The molecule has 3 heterocycles. The van der Waals surface area contributed by atoms with Gasteiger partial charge in [0.05, 0.1) is 17.1 Å². The maximum Gasteiger partial charge on any atom is 0.234 e. The third-order valence-corrected chi connectivity index (χ3v) is 11.9. The highest BCUT2D eigenvalue weighted by Gasteiger charge is 2.55. The molecule has 0 amide bonds. The Morgan fingerprint density at radius 2 is 1.05 bits per heavy atom. The highest BCUT2D eigenvalue weighted by Crippen LogP contribution is 2.64. The van der Waals surface area contributed by atoms with Crippen LogP contribution in [0.1, 0.15) is 42.5 Å². The number of hydrogen-bond acceptors (Lipinski definition) is 4. The molecule has 0 spiro atoms. The van der Waals surface area contributed by atoms with Crippen LogP contribution >= 0.6 is 0 Å². The molecular weight excluding hydrogens is 671 g/mol. The molecule has 0 saturated carbocycles. The molecule has 55 heavy (non-hydrogen) atoms. The van der Waals surface area contributed by atoms with Crippen molar-refractivity contribution in [2.75, 3.05) is 4.90 Å². The van der Waals surface area contributed by atoms with Crippen molar-refractivity contribution in [2.45, 2.75) is 31.2 Å². The molecule has 9 aromatic rings. The zero-order valence-corrected chi connectivity index (χ0v) is 30.6. The van der Waals surface area contributed by atoms with Crippen LogP contribution in [0.15, 0.2) is 176 Å². The molecule has 1 aliphatic carbocycles. The van der Waals surface area contributed by atoms with Crippen molar-refractivity contribution in [3.63, 3.8) is 0 Å². The fourth-order valence-electron chi connectivity index (χ4n) is 9.43. The summed E-state index contributed by atoms with van der Waals surface area (Å²) in [6.07, 6.45) is 0. The molecule has 2 atom stereocenters. The van der Waals surface area contributed by atoms with Crippen LogP contribution < -0.4 is 4.90 Å². The Hall–Kier alpha value is -6.85. The second kappa shape index (κ2) is 12.1. The van der Waals surface area contributed by atoms with Crippen molar-refractivity contribution in [3.8, 4) is 39.6 Å². The van der Waals surface area contributed by atoms with Gasteiger partial charge in [0.15, 0.2) is 11.6 Å². The second-order valence-corrected chi connectivity index (χ2v) is 15.3. The minimum atomic E-state index is -0.131. The van der Waals surface area contributed by atoms with Gasteiger partial charge in [-0.25, -0.2) is 4.98 Å². The Kier molecular flexibility index (Phi) is 6.96. The molecule has 5 heteroatoms. The lowest BCUT2D eigenvalue weighted by atomic mass is 9.74. The van der Waals surface area contributed by atoms with Gasteiger partial charge in [0.1, 0.15) is 0 Å². The van der Waals surface area contributed by atoms with Gasteiger partial charge in [-0.3, -0.25) is 0 Å². The fourth-order valence-corrected chi connectivity index (χ4v) is 9.43. The standard InChI is InChI=1S/C50H37N5/c1-50(2)41-24-14-12-23-38(41)46-45(50)40-31-35(34-26-28-43-39(30-34)37-22-13-15-25-42(37)54(43)36-20-10-5-11-21-36)27-29-44(40)55(46)49-52-47(32-16-6-3-7-17-32)51-48(53-49)33-18-8-4-9-19-33/h3-31,45-46H,1-2H3. The zero-order chi connectivity index (χ0) is 36.7. The van der Waals surface area contributed by atoms with Crippen molar-refractivity contribution in [2.24, 2.45) is 0 Å². The van der Waals surface area contributed by atoms with E-state index >= 15 is 0 Å². The second-order valence-electron chi connectivity index (χ2n) is 15.3. The topological polar surface area (TPSA) is 46.8 Å². The summed E-state index contributed by atoms with van der Waals surface area (Å²) >= 11 is 0. The smallest absolute Gasteiger partial charge is 0.234 e. The maximum absolute atomic E-state index is 5.26. The number of rotatable bonds is 5. The molecule has 5 nitrogen and oxygen atoms in total. The summed E-state index contributed by atoms with van der Waals surface area (Å²) in [5.74, 6) is 2.18. The Morgan fingerprint density at radius 3 is 1.78 bits per heavy atom. The average Bonchev–Trinajstić information content (AvgIpc) is 3.85. The van der Waals surface area contributed by atoms with E-state index in [1.165, 1.54) is 49.6 Å². The lowest BCUT2D eigenvalue weighted by molar-refractivity contribution is 0.419. The Morgan fingerprint density at radius 1 is 0.473 bits per heavy atom. The predicted octanol–water partition coefficient (Wildman–Crippen LogP) is 12.2. The van der Waals surface area contributed by atoms with Crippen LogP contribution in [0.3, 0.4) is 0 Å². The molecule has 2 aliphatic rings. The summed E-state index contributed by atoms with van der Waals surface area (Å²) in [7, 11) is 0. The van der Waals surface area contributed by atoms with Crippen LogP contribution in [-0.2, 0) is 5.41 Å². The molecular formula is C50H37N5. The van der Waals surface area contributed by atoms with Crippen molar-refractivity contribution < 1.29 is 0 Å². The zero-order valence-electron chi connectivity index (χ0n) is 30.6. The van der Waals surface area contributed by atoms with Gasteiger partial charge in [-0.05, 0) is 75.7 Å². The minimum Gasteiger partial charge on any atom is -0.309 e. The molecule has 262 valence electrons. The summed E-state index contributed by atoms with van der Waals surface area (Å²) in [6, 6.07) is 62.8. The number of anilines is 2. The van der Waals surface area contributed by atoms with Gasteiger partial charge in [0, 0.05) is 39.2 Å². The highest BCUT2D eigenvalue weighted by molar-refractivity contribution is 6.10. The van der Waals surface area contributed by atoms with Gasteiger partial charge in [-0.1, -0.05) is 147 Å². The summed E-state index contributed by atoms with van der Waals surface area (Å²) in [5, 5.41) is 2.50. The monoisotopic (exact) mass is 707 g/mol. The van der Waals surface area contributed by atoms with E-state index < -0.39 is 0 Å². The van der Waals surface area contributed by atoms with Gasteiger partial charge in [0.2, 0.25) is 5.95 Å². The van der Waals surface area contributed by atoms with Crippen LogP contribution in [0.25, 0.3) is 61.4 Å². The minimum absolute atomic E-state index is 0.0254. The van der Waals surface area contributed by atoms with E-state index in [0.29, 0.717) is 17.6 Å². The lowest BCUT2D eigenvalue weighted by Crippen LogP contribution is -2.26. The molecule has 11 rings (SSSR count). The van der Waals surface area contributed by atoms with Crippen molar-refractivity contribution in [3.05, 3.63) is 193 Å². The Balaban J connectivity index is 1.11. The summed E-state index contributed by atoms with van der Waals surface area (Å²) < 4.78 is 2.38. The summed E-state index contributed by atoms with van der Waals surface area (Å²) in [5.41, 5.74) is 12.9. The SMILES string of the molecule is CC1(C)c2ccccc2C2C1c1cc(-c3ccc4c(c3)c3ccccc3n4-c3ccccc3)ccc1N2c1nc(-c2ccccc2)nc(-c2ccccc2)n1. The van der Waals surface area contributed by atoms with Crippen molar-refractivity contribution in [1.29, 1.82) is 0 Å². The van der Waals surface area contributed by atoms with E-state index in [4.69, 9.17) is 15.0 Å². The Labute approximate surface area is 320 Å². The van der Waals surface area contributed by atoms with Crippen molar-refractivity contribution >= 4 is 33.4 Å². The first-order valence-electron chi connectivity index (χ1n) is 19.0. The first-order valence-corrected chi connectivity index (χ1v) is 19.0. The third kappa shape index (κ3) is 4.82. The molecule has 0 bridgehead atoms. The van der Waals surface area contributed by atoms with Gasteiger partial charge >= 0.3 is 0 Å². The van der Waals surface area contributed by atoms with E-state index in [1.54, 1.807) is 0 Å². The van der Waals surface area contributed by atoms with Gasteiger partial charge in [0.25, 0.3) is 0 Å². The van der Waals surface area contributed by atoms with Crippen LogP contribution in [0.5, 0.6) is 0 Å². The number of benzene rings is 7. The van der Waals surface area contributed by atoms with Gasteiger partial charge in [-0.15, -0.1) is 0 Å². The molecule has 0 fully saturated rings. The molecule has 0 saturated heterocycles. The van der Waals surface area contributed by atoms with E-state index in [1.807, 2.05) is 36.4 Å². The van der Waals surface area contributed by atoms with E-state index in [9.17, 15) is 0 Å². The number of aromatic nitrogens is 4. The Bertz CT molecular complexity index is 2860. The molecule has 1 aliphatic heterocycles. The number of hydrogen-bond donors (Lipinski definition) is 0. The maximum atomic E-state index is 5.26. The average molecular weight is 708 g/mol. The highest BCUT2D eigenvalue weighted by atomic mass is 15.3. The summed E-state index contributed by atoms with van der Waals surface area (Å²) in [6.45, 7) is 4.80. The summed E-state index contributed by atoms with van der Waals surface area (Å²) in [4.78, 5) is 18.0. The van der Waals surface area contributed by atoms with Crippen LogP contribution in [0.2, 0.25) is 0 Å². The first kappa shape index (κ1) is 31.7. The van der Waals surface area contributed by atoms with Crippen LogP contribution in [0.4, 0.5) is 11.6 Å². The molecule has 7 aromatic carbocycles. The van der Waals surface area contributed by atoms with Gasteiger partial charge < -0.3 is 9.47 Å². The lowest BCUT2D eigenvalue weighted by Gasteiger charge is -2.29. The normalized spacial score (nSPS) is 16.7. The van der Waals surface area contributed by atoms with Crippen LogP contribution in [0, 0.1) is 0 Å². The van der Waals surface area contributed by atoms with E-state index in [2.05, 4.69) is 163 Å². The molecule has 0 N–H and O–H groups in total. The first-order chi connectivity index (χ1) is 27.0. The molecule has 0 radical (unpaired) electrons. The number of para-hydroxylation sites is 2. The van der Waals surface area contributed by atoms with E-state index in [-0.39, 0.29) is 17.4 Å². The van der Waals surface area contributed by atoms with Crippen molar-refractivity contribution in [1.82, 2.24) is 19.5 Å². The fraction of sp³-hybridized carbons (Fsp3) is 0.100. The van der Waals surface area contributed by atoms with Gasteiger partial charge in [-0.2, -0.15) is 9.97 Å². The number of fused-ring (bicyclic) bond motifs is 8. The third-order valence-electron chi connectivity index (χ3n) is 11.9. The molecule has 2 aromatic heterocycles. The van der Waals surface area contributed by atoms with Crippen LogP contribution in [-0.4, -0.2) is 19.5 Å². The predicted molar refractivity (Wildman–Crippen MR) is 224 cm³/mol. The van der Waals surface area contributed by atoms with E-state index in [0.717, 1.165) is 22.5 Å². The largest absolute Gasteiger partial charge is 0.309 e. The number of nitrogens with zero attached hydrogens (tertiary/aromatic N) is 5. The quantitative estimate of drug-likeness (QED) is 0.179.